The summed E-state index contributed by atoms with van der Waals surface area (Å²) < 4.78 is 0. The van der Waals surface area contributed by atoms with Crippen LogP contribution in [0.2, 0.25) is 0 Å². The smallest absolute Gasteiger partial charge is 0.131 e. The standard InChI is InChI=1S/C18H20N4OS/c1-12-20-21-18(24-12)11-22-9-14(17(23)10-22)8-13-6-7-19-16-5-3-2-4-15(13)16/h2-7,14,17,23H,8-11H2,1H3/t14-,17+/m1/s1. The SMILES string of the molecule is Cc1nnc(CN2C[C@@H](Cc3ccnc4ccccc34)[C@@H](O)C2)s1. The second-order valence-corrected chi connectivity index (χ2v) is 7.69. The van der Waals surface area contributed by atoms with Gasteiger partial charge in [0.2, 0.25) is 0 Å². The molecule has 3 heterocycles. The van der Waals surface area contributed by atoms with Gasteiger partial charge in [-0.3, -0.25) is 9.88 Å². The second kappa shape index (κ2) is 6.55. The minimum atomic E-state index is -0.300. The van der Waals surface area contributed by atoms with E-state index in [1.807, 2.05) is 31.3 Å². The number of para-hydroxylation sites is 1. The number of benzene rings is 1. The minimum Gasteiger partial charge on any atom is -0.391 e. The van der Waals surface area contributed by atoms with Crippen molar-refractivity contribution < 1.29 is 5.11 Å². The van der Waals surface area contributed by atoms with E-state index in [1.165, 1.54) is 10.9 Å². The number of pyridine rings is 1. The third-order valence-corrected chi connectivity index (χ3v) is 5.45. The van der Waals surface area contributed by atoms with Gasteiger partial charge < -0.3 is 5.11 Å². The Morgan fingerprint density at radius 3 is 2.92 bits per heavy atom. The molecule has 1 aliphatic heterocycles. The van der Waals surface area contributed by atoms with Crippen molar-refractivity contribution in [3.63, 3.8) is 0 Å². The molecule has 1 aliphatic rings. The minimum absolute atomic E-state index is 0.241. The van der Waals surface area contributed by atoms with Gasteiger partial charge in [0.1, 0.15) is 10.0 Å². The first-order valence-electron chi connectivity index (χ1n) is 8.21. The van der Waals surface area contributed by atoms with Crippen LogP contribution >= 0.6 is 11.3 Å². The molecule has 1 fully saturated rings. The molecule has 0 unspecified atom stereocenters. The van der Waals surface area contributed by atoms with Crippen molar-refractivity contribution >= 4 is 22.2 Å². The molecule has 2 atom stereocenters. The fourth-order valence-electron chi connectivity index (χ4n) is 3.48. The van der Waals surface area contributed by atoms with Crippen molar-refractivity contribution in [1.82, 2.24) is 20.1 Å². The van der Waals surface area contributed by atoms with Crippen LogP contribution < -0.4 is 0 Å². The molecule has 3 aromatic rings. The molecule has 0 bridgehead atoms. The Bertz CT molecular complexity index is 844. The Morgan fingerprint density at radius 2 is 2.08 bits per heavy atom. The lowest BCUT2D eigenvalue weighted by molar-refractivity contribution is 0.141. The fraction of sp³-hybridized carbons (Fsp3) is 0.389. The highest BCUT2D eigenvalue weighted by atomic mass is 32.1. The summed E-state index contributed by atoms with van der Waals surface area (Å²) in [5, 5.41) is 21.9. The molecular formula is C18H20N4OS. The van der Waals surface area contributed by atoms with Gasteiger partial charge in [-0.15, -0.1) is 21.5 Å². The summed E-state index contributed by atoms with van der Waals surface area (Å²) in [6.45, 7) is 4.33. The summed E-state index contributed by atoms with van der Waals surface area (Å²) in [5.74, 6) is 0.241. The predicted octanol–water partition coefficient (Wildman–Crippen LogP) is 2.43. The Hall–Kier alpha value is -1.89. The summed E-state index contributed by atoms with van der Waals surface area (Å²) in [6.07, 6.45) is 2.43. The Morgan fingerprint density at radius 1 is 1.21 bits per heavy atom. The third-order valence-electron chi connectivity index (χ3n) is 4.63. The Labute approximate surface area is 145 Å². The van der Waals surface area contributed by atoms with Crippen LogP contribution in [0.15, 0.2) is 36.5 Å². The zero-order valence-corrected chi connectivity index (χ0v) is 14.4. The topological polar surface area (TPSA) is 62.1 Å². The molecule has 124 valence electrons. The largest absolute Gasteiger partial charge is 0.391 e. The number of aryl methyl sites for hydroxylation is 1. The molecule has 0 radical (unpaired) electrons. The maximum absolute atomic E-state index is 10.5. The lowest BCUT2D eigenvalue weighted by atomic mass is 9.94. The van der Waals surface area contributed by atoms with Gasteiger partial charge in [0.15, 0.2) is 0 Å². The monoisotopic (exact) mass is 340 g/mol. The first-order chi connectivity index (χ1) is 11.7. The van der Waals surface area contributed by atoms with Crippen LogP contribution in [0.5, 0.6) is 0 Å². The summed E-state index contributed by atoms with van der Waals surface area (Å²) in [7, 11) is 0. The number of hydrogen-bond donors (Lipinski definition) is 1. The van der Waals surface area contributed by atoms with E-state index in [-0.39, 0.29) is 12.0 Å². The first kappa shape index (κ1) is 15.6. The van der Waals surface area contributed by atoms with Crippen molar-refractivity contribution in [2.24, 2.45) is 5.92 Å². The van der Waals surface area contributed by atoms with Gasteiger partial charge in [0.25, 0.3) is 0 Å². The molecule has 2 aromatic heterocycles. The predicted molar refractivity (Wildman–Crippen MR) is 94.9 cm³/mol. The van der Waals surface area contributed by atoms with E-state index in [1.54, 1.807) is 11.3 Å². The number of rotatable bonds is 4. The highest BCUT2D eigenvalue weighted by Crippen LogP contribution is 2.26. The zero-order chi connectivity index (χ0) is 16.5. The summed E-state index contributed by atoms with van der Waals surface area (Å²) >= 11 is 1.63. The number of hydrogen-bond acceptors (Lipinski definition) is 6. The molecule has 0 spiro atoms. The van der Waals surface area contributed by atoms with Crippen LogP contribution in [0.1, 0.15) is 15.6 Å². The molecule has 4 rings (SSSR count). The highest BCUT2D eigenvalue weighted by molar-refractivity contribution is 7.11. The van der Waals surface area contributed by atoms with Crippen LogP contribution in [0.3, 0.4) is 0 Å². The molecule has 1 saturated heterocycles. The Balaban J connectivity index is 1.48. The number of likely N-dealkylation sites (tertiary alicyclic amines) is 1. The van der Waals surface area contributed by atoms with Gasteiger partial charge in [0.05, 0.1) is 18.2 Å². The second-order valence-electron chi connectivity index (χ2n) is 6.43. The van der Waals surface area contributed by atoms with Crippen molar-refractivity contribution in [2.75, 3.05) is 13.1 Å². The van der Waals surface area contributed by atoms with E-state index < -0.39 is 0 Å². The summed E-state index contributed by atoms with van der Waals surface area (Å²) in [6, 6.07) is 10.3. The van der Waals surface area contributed by atoms with Gasteiger partial charge in [-0.05, 0) is 31.0 Å². The van der Waals surface area contributed by atoms with Gasteiger partial charge in [-0.2, -0.15) is 0 Å². The van der Waals surface area contributed by atoms with Crippen molar-refractivity contribution in [1.29, 1.82) is 0 Å². The lowest BCUT2D eigenvalue weighted by Gasteiger charge is -2.15. The molecule has 6 heteroatoms. The van der Waals surface area contributed by atoms with E-state index in [9.17, 15) is 5.11 Å². The molecule has 1 N–H and O–H groups in total. The number of aliphatic hydroxyl groups is 1. The molecule has 0 amide bonds. The Kier molecular flexibility index (Phi) is 4.26. The molecule has 24 heavy (non-hydrogen) atoms. The normalized spacial score (nSPS) is 21.6. The number of nitrogens with zero attached hydrogens (tertiary/aromatic N) is 4. The highest BCUT2D eigenvalue weighted by Gasteiger charge is 2.32. The van der Waals surface area contributed by atoms with E-state index in [0.717, 1.165) is 35.0 Å². The molecule has 0 aliphatic carbocycles. The van der Waals surface area contributed by atoms with Crippen molar-refractivity contribution in [2.45, 2.75) is 26.0 Å². The van der Waals surface area contributed by atoms with Crippen molar-refractivity contribution in [3.05, 3.63) is 52.1 Å². The van der Waals surface area contributed by atoms with Gasteiger partial charge in [-0.25, -0.2) is 0 Å². The van der Waals surface area contributed by atoms with Crippen LogP contribution in [0, 0.1) is 12.8 Å². The average Bonchev–Trinajstić information content (AvgIpc) is 3.14. The average molecular weight is 340 g/mol. The van der Waals surface area contributed by atoms with Crippen LogP contribution in [-0.4, -0.2) is 44.4 Å². The van der Waals surface area contributed by atoms with Crippen LogP contribution in [0.25, 0.3) is 10.9 Å². The van der Waals surface area contributed by atoms with Gasteiger partial charge >= 0.3 is 0 Å². The van der Waals surface area contributed by atoms with E-state index >= 15 is 0 Å². The summed E-state index contributed by atoms with van der Waals surface area (Å²) in [5.41, 5.74) is 2.28. The maximum atomic E-state index is 10.5. The van der Waals surface area contributed by atoms with Gasteiger partial charge in [0, 0.05) is 30.6 Å². The van der Waals surface area contributed by atoms with E-state index in [2.05, 4.69) is 32.2 Å². The van der Waals surface area contributed by atoms with Gasteiger partial charge in [-0.1, -0.05) is 18.2 Å². The van der Waals surface area contributed by atoms with Crippen molar-refractivity contribution in [3.8, 4) is 0 Å². The number of aromatic nitrogens is 3. The van der Waals surface area contributed by atoms with E-state index in [0.29, 0.717) is 6.54 Å². The van der Waals surface area contributed by atoms with E-state index in [4.69, 9.17) is 0 Å². The molecule has 1 aromatic carbocycles. The fourth-order valence-corrected chi connectivity index (χ4v) is 4.23. The number of fused-ring (bicyclic) bond motifs is 1. The number of aliphatic hydroxyl groups excluding tert-OH is 1. The molecule has 0 saturated carbocycles. The first-order valence-corrected chi connectivity index (χ1v) is 9.03. The lowest BCUT2D eigenvalue weighted by Crippen LogP contribution is -2.21. The maximum Gasteiger partial charge on any atom is 0.131 e. The quantitative estimate of drug-likeness (QED) is 0.790. The molecular weight excluding hydrogens is 320 g/mol. The molecule has 5 nitrogen and oxygen atoms in total. The number of β-amino-alcohol motifs (C(OH)–C–C–N with tert-alkyl or cyclic N) is 1. The van der Waals surface area contributed by atoms with Crippen LogP contribution in [-0.2, 0) is 13.0 Å². The summed E-state index contributed by atoms with van der Waals surface area (Å²) in [4.78, 5) is 6.70. The van der Waals surface area contributed by atoms with Crippen LogP contribution in [0.4, 0.5) is 0 Å². The third kappa shape index (κ3) is 3.17. The zero-order valence-electron chi connectivity index (χ0n) is 13.6.